The van der Waals surface area contributed by atoms with Crippen molar-refractivity contribution >= 4 is 27.3 Å². The fourth-order valence-electron chi connectivity index (χ4n) is 2.16. The van der Waals surface area contributed by atoms with Gasteiger partial charge in [-0.25, -0.2) is 13.4 Å². The predicted molar refractivity (Wildman–Crippen MR) is 93.5 cm³/mol. The number of benzene rings is 2. The SMILES string of the molecule is Cc1nc(-c2cccc(NS(=O)(=O)c3ccc(C#N)c(Cl)c3)c2)n[nH]1. The smallest absolute Gasteiger partial charge is 0.261 e. The molecule has 0 aliphatic rings. The van der Waals surface area contributed by atoms with Crippen molar-refractivity contribution in [2.45, 2.75) is 11.8 Å². The molecule has 7 nitrogen and oxygen atoms in total. The molecule has 0 atom stereocenters. The lowest BCUT2D eigenvalue weighted by Gasteiger charge is -2.09. The first kappa shape index (κ1) is 17.0. The maximum absolute atomic E-state index is 12.5. The van der Waals surface area contributed by atoms with Crippen molar-refractivity contribution in [3.8, 4) is 17.5 Å². The van der Waals surface area contributed by atoms with Gasteiger partial charge in [0.2, 0.25) is 0 Å². The average Bonchev–Trinajstić information content (AvgIpc) is 3.01. The maximum Gasteiger partial charge on any atom is 0.261 e. The second-order valence-electron chi connectivity index (χ2n) is 5.18. The van der Waals surface area contributed by atoms with Crippen LogP contribution in [0.4, 0.5) is 5.69 Å². The van der Waals surface area contributed by atoms with Gasteiger partial charge in [-0.2, -0.15) is 10.4 Å². The molecule has 0 radical (unpaired) electrons. The monoisotopic (exact) mass is 373 g/mol. The van der Waals surface area contributed by atoms with Gasteiger partial charge in [-0.05, 0) is 37.3 Å². The molecule has 9 heteroatoms. The Hall–Kier alpha value is -2.89. The highest BCUT2D eigenvalue weighted by Crippen LogP contribution is 2.24. The van der Waals surface area contributed by atoms with Crippen molar-refractivity contribution in [1.82, 2.24) is 15.2 Å². The minimum Gasteiger partial charge on any atom is -0.280 e. The average molecular weight is 374 g/mol. The molecule has 2 N–H and O–H groups in total. The topological polar surface area (TPSA) is 112 Å². The molecule has 0 spiro atoms. The third-order valence-electron chi connectivity index (χ3n) is 3.34. The molecule has 25 heavy (non-hydrogen) atoms. The van der Waals surface area contributed by atoms with Crippen molar-refractivity contribution in [3.63, 3.8) is 0 Å². The lowest BCUT2D eigenvalue weighted by Crippen LogP contribution is -2.13. The van der Waals surface area contributed by atoms with Crippen LogP contribution in [0.5, 0.6) is 0 Å². The number of nitriles is 1. The quantitative estimate of drug-likeness (QED) is 0.729. The third-order valence-corrected chi connectivity index (χ3v) is 5.03. The zero-order valence-electron chi connectivity index (χ0n) is 13.0. The van der Waals surface area contributed by atoms with Gasteiger partial charge in [0.05, 0.1) is 15.5 Å². The van der Waals surface area contributed by atoms with E-state index in [4.69, 9.17) is 16.9 Å². The van der Waals surface area contributed by atoms with Gasteiger partial charge in [0.1, 0.15) is 11.9 Å². The highest BCUT2D eigenvalue weighted by Gasteiger charge is 2.16. The number of halogens is 1. The zero-order valence-corrected chi connectivity index (χ0v) is 14.6. The summed E-state index contributed by atoms with van der Waals surface area (Å²) in [6, 6.07) is 12.5. The van der Waals surface area contributed by atoms with Gasteiger partial charge in [0.25, 0.3) is 10.0 Å². The summed E-state index contributed by atoms with van der Waals surface area (Å²) >= 11 is 5.91. The fourth-order valence-corrected chi connectivity index (χ4v) is 3.52. The van der Waals surface area contributed by atoms with E-state index in [0.717, 1.165) is 0 Å². The highest BCUT2D eigenvalue weighted by atomic mass is 35.5. The van der Waals surface area contributed by atoms with Gasteiger partial charge in [-0.15, -0.1) is 0 Å². The van der Waals surface area contributed by atoms with Crippen LogP contribution in [-0.2, 0) is 10.0 Å². The number of aromatic amines is 1. The number of nitrogens with zero attached hydrogens (tertiary/aromatic N) is 3. The molecule has 0 bridgehead atoms. The molecular formula is C16H12ClN5O2S. The molecule has 3 rings (SSSR count). The van der Waals surface area contributed by atoms with Crippen LogP contribution in [0.15, 0.2) is 47.4 Å². The van der Waals surface area contributed by atoms with Crippen LogP contribution in [0.3, 0.4) is 0 Å². The Labute approximate surface area is 149 Å². The number of hydrogen-bond donors (Lipinski definition) is 2. The van der Waals surface area contributed by atoms with E-state index >= 15 is 0 Å². The maximum atomic E-state index is 12.5. The molecule has 0 aliphatic carbocycles. The molecule has 1 heterocycles. The zero-order chi connectivity index (χ0) is 18.0. The number of anilines is 1. The van der Waals surface area contributed by atoms with Crippen LogP contribution in [0.25, 0.3) is 11.4 Å². The fraction of sp³-hybridized carbons (Fsp3) is 0.0625. The van der Waals surface area contributed by atoms with E-state index in [1.807, 2.05) is 6.07 Å². The first-order chi connectivity index (χ1) is 11.9. The Morgan fingerprint density at radius 1 is 1.24 bits per heavy atom. The Kier molecular flexibility index (Phi) is 4.44. The molecule has 0 saturated heterocycles. The molecule has 0 aliphatic heterocycles. The minimum absolute atomic E-state index is 0.0318. The number of nitrogens with one attached hydrogen (secondary N) is 2. The van der Waals surface area contributed by atoms with E-state index in [0.29, 0.717) is 22.9 Å². The number of sulfonamides is 1. The predicted octanol–water partition coefficient (Wildman–Crippen LogP) is 3.11. The lowest BCUT2D eigenvalue weighted by molar-refractivity contribution is 0.601. The second kappa shape index (κ2) is 6.55. The van der Waals surface area contributed by atoms with Crippen LogP contribution in [0.2, 0.25) is 5.02 Å². The largest absolute Gasteiger partial charge is 0.280 e. The highest BCUT2D eigenvalue weighted by molar-refractivity contribution is 7.92. The summed E-state index contributed by atoms with van der Waals surface area (Å²) in [5.74, 6) is 1.13. The summed E-state index contributed by atoms with van der Waals surface area (Å²) in [7, 11) is -3.85. The minimum atomic E-state index is -3.85. The van der Waals surface area contributed by atoms with Crippen LogP contribution in [0, 0.1) is 18.3 Å². The molecule has 126 valence electrons. The molecular weight excluding hydrogens is 362 g/mol. The summed E-state index contributed by atoms with van der Waals surface area (Å²) in [4.78, 5) is 4.18. The van der Waals surface area contributed by atoms with E-state index in [9.17, 15) is 8.42 Å². The standard InChI is InChI=1S/C16H12ClN5O2S/c1-10-19-16(21-20-10)11-3-2-4-13(7-11)22-25(23,24)14-6-5-12(9-18)15(17)8-14/h2-8,22H,1H3,(H,19,20,21). The molecule has 0 unspecified atom stereocenters. The molecule has 0 fully saturated rings. The lowest BCUT2D eigenvalue weighted by atomic mass is 10.2. The molecule has 1 aromatic heterocycles. The van der Waals surface area contributed by atoms with Gasteiger partial charge in [0.15, 0.2) is 5.82 Å². The van der Waals surface area contributed by atoms with Crippen molar-refractivity contribution in [2.75, 3.05) is 4.72 Å². The number of rotatable bonds is 4. The Morgan fingerprint density at radius 3 is 2.68 bits per heavy atom. The number of aromatic nitrogens is 3. The van der Waals surface area contributed by atoms with Crippen LogP contribution < -0.4 is 4.72 Å². The molecule has 0 amide bonds. The molecule has 2 aromatic carbocycles. The van der Waals surface area contributed by atoms with Gasteiger partial charge in [0, 0.05) is 11.3 Å². The van der Waals surface area contributed by atoms with Gasteiger partial charge < -0.3 is 0 Å². The number of H-pyrrole nitrogens is 1. The Morgan fingerprint density at radius 2 is 2.04 bits per heavy atom. The first-order valence-electron chi connectivity index (χ1n) is 7.11. The Balaban J connectivity index is 1.91. The van der Waals surface area contributed by atoms with E-state index < -0.39 is 10.0 Å². The van der Waals surface area contributed by atoms with E-state index in [1.54, 1.807) is 31.2 Å². The Bertz CT molecular complexity index is 1090. The van der Waals surface area contributed by atoms with E-state index in [1.165, 1.54) is 18.2 Å². The summed E-state index contributed by atoms with van der Waals surface area (Å²) in [6.07, 6.45) is 0. The van der Waals surface area contributed by atoms with Crippen LogP contribution >= 0.6 is 11.6 Å². The first-order valence-corrected chi connectivity index (χ1v) is 8.97. The normalized spacial score (nSPS) is 11.1. The third kappa shape index (κ3) is 3.63. The number of aryl methyl sites for hydroxylation is 1. The second-order valence-corrected chi connectivity index (χ2v) is 7.27. The van der Waals surface area contributed by atoms with Gasteiger partial charge in [-0.1, -0.05) is 23.7 Å². The van der Waals surface area contributed by atoms with Crippen LogP contribution in [0.1, 0.15) is 11.4 Å². The summed E-state index contributed by atoms with van der Waals surface area (Å²) < 4.78 is 27.5. The number of hydrogen-bond acceptors (Lipinski definition) is 5. The van der Waals surface area contributed by atoms with E-state index in [2.05, 4.69) is 19.9 Å². The van der Waals surface area contributed by atoms with Crippen molar-refractivity contribution in [3.05, 3.63) is 58.9 Å². The van der Waals surface area contributed by atoms with Crippen molar-refractivity contribution in [2.24, 2.45) is 0 Å². The summed E-state index contributed by atoms with van der Waals surface area (Å²) in [5, 5.41) is 15.7. The summed E-state index contributed by atoms with van der Waals surface area (Å²) in [5.41, 5.74) is 1.24. The van der Waals surface area contributed by atoms with Gasteiger partial charge >= 0.3 is 0 Å². The van der Waals surface area contributed by atoms with Crippen LogP contribution in [-0.4, -0.2) is 23.6 Å². The summed E-state index contributed by atoms with van der Waals surface area (Å²) in [6.45, 7) is 1.78. The van der Waals surface area contributed by atoms with Crippen molar-refractivity contribution < 1.29 is 8.42 Å². The van der Waals surface area contributed by atoms with Crippen molar-refractivity contribution in [1.29, 1.82) is 5.26 Å². The molecule has 0 saturated carbocycles. The molecule has 3 aromatic rings. The van der Waals surface area contributed by atoms with Gasteiger partial charge in [-0.3, -0.25) is 9.82 Å². The van der Waals surface area contributed by atoms with E-state index in [-0.39, 0.29) is 15.5 Å².